The molecule has 0 spiro atoms. The first-order chi connectivity index (χ1) is 15.7. The molecule has 0 saturated carbocycles. The highest BCUT2D eigenvalue weighted by Gasteiger charge is 2.20. The number of benzene rings is 2. The van der Waals surface area contributed by atoms with Gasteiger partial charge < -0.3 is 29.5 Å². The Labute approximate surface area is 189 Å². The van der Waals surface area contributed by atoms with Crippen LogP contribution in [-0.2, 0) is 11.3 Å². The third kappa shape index (κ3) is 5.24. The Balaban J connectivity index is 1.30. The molecule has 2 heterocycles. The van der Waals surface area contributed by atoms with E-state index in [0.29, 0.717) is 25.4 Å². The summed E-state index contributed by atoms with van der Waals surface area (Å²) in [6, 6.07) is 13.6. The maximum Gasteiger partial charge on any atom is 0.194 e. The molecule has 2 aliphatic rings. The lowest BCUT2D eigenvalue weighted by molar-refractivity contribution is 0.122. The van der Waals surface area contributed by atoms with Crippen LogP contribution in [0.25, 0.3) is 0 Å². The van der Waals surface area contributed by atoms with Gasteiger partial charge in [0.2, 0.25) is 0 Å². The van der Waals surface area contributed by atoms with Crippen LogP contribution >= 0.6 is 0 Å². The van der Waals surface area contributed by atoms with Crippen LogP contribution in [0.1, 0.15) is 5.56 Å². The smallest absolute Gasteiger partial charge is 0.194 e. The zero-order valence-corrected chi connectivity index (χ0v) is 18.9. The Morgan fingerprint density at radius 1 is 1.00 bits per heavy atom. The molecule has 32 heavy (non-hydrogen) atoms. The predicted molar refractivity (Wildman–Crippen MR) is 126 cm³/mol. The molecule has 7 nitrogen and oxygen atoms in total. The van der Waals surface area contributed by atoms with Crippen LogP contribution < -0.4 is 19.9 Å². The molecule has 0 amide bonds. The van der Waals surface area contributed by atoms with E-state index in [9.17, 15) is 4.39 Å². The second kappa shape index (κ2) is 10.5. The molecule has 0 atom stereocenters. The van der Waals surface area contributed by atoms with Crippen molar-refractivity contribution in [3.05, 3.63) is 53.8 Å². The Hall–Kier alpha value is -3.00. The summed E-state index contributed by atoms with van der Waals surface area (Å²) in [5, 5.41) is 3.39. The minimum absolute atomic E-state index is 0.186. The highest BCUT2D eigenvalue weighted by atomic mass is 19.1. The summed E-state index contributed by atoms with van der Waals surface area (Å²) >= 11 is 0. The van der Waals surface area contributed by atoms with Gasteiger partial charge in [-0.1, -0.05) is 6.07 Å². The van der Waals surface area contributed by atoms with Gasteiger partial charge in [0.15, 0.2) is 5.96 Å². The number of nitrogens with one attached hydrogen (secondary N) is 1. The van der Waals surface area contributed by atoms with Crippen molar-refractivity contribution in [3.63, 3.8) is 0 Å². The first kappa shape index (κ1) is 22.2. The van der Waals surface area contributed by atoms with Gasteiger partial charge in [-0.05, 0) is 42.0 Å². The Morgan fingerprint density at radius 3 is 2.34 bits per heavy atom. The first-order valence-corrected chi connectivity index (χ1v) is 11.1. The SMILES string of the molecule is CN=C(NCc1ccc(N2CCOCC2)c(F)c1)N1CCN(c2ccc(OC)cc2)CC1. The van der Waals surface area contributed by atoms with Crippen LogP contribution in [0.15, 0.2) is 47.5 Å². The van der Waals surface area contributed by atoms with Gasteiger partial charge in [0.1, 0.15) is 11.6 Å². The molecule has 8 heteroatoms. The van der Waals surface area contributed by atoms with Crippen molar-refractivity contribution in [3.8, 4) is 5.75 Å². The van der Waals surface area contributed by atoms with E-state index in [1.165, 1.54) is 5.69 Å². The molecular formula is C24H32FN5O2. The summed E-state index contributed by atoms with van der Waals surface area (Å²) in [6.45, 7) is 6.84. The number of guanidine groups is 1. The number of nitrogens with zero attached hydrogens (tertiary/aromatic N) is 4. The lowest BCUT2D eigenvalue weighted by Crippen LogP contribution is -2.52. The number of morpholine rings is 1. The van der Waals surface area contributed by atoms with Crippen LogP contribution in [0.3, 0.4) is 0 Å². The average Bonchev–Trinajstić information content (AvgIpc) is 2.85. The number of halogens is 1. The quantitative estimate of drug-likeness (QED) is 0.569. The molecule has 2 aromatic carbocycles. The normalized spacial score (nSPS) is 17.5. The summed E-state index contributed by atoms with van der Waals surface area (Å²) in [7, 11) is 3.47. The summed E-state index contributed by atoms with van der Waals surface area (Å²) in [6.07, 6.45) is 0. The van der Waals surface area contributed by atoms with Crippen LogP contribution in [0.5, 0.6) is 5.75 Å². The molecule has 0 aliphatic carbocycles. The van der Waals surface area contributed by atoms with E-state index in [2.05, 4.69) is 32.2 Å². The maximum atomic E-state index is 14.7. The van der Waals surface area contributed by atoms with Gasteiger partial charge in [0.05, 0.1) is 26.0 Å². The van der Waals surface area contributed by atoms with Gasteiger partial charge in [-0.3, -0.25) is 4.99 Å². The van der Waals surface area contributed by atoms with E-state index < -0.39 is 0 Å². The van der Waals surface area contributed by atoms with E-state index in [1.807, 2.05) is 29.2 Å². The van der Waals surface area contributed by atoms with Gasteiger partial charge in [0.25, 0.3) is 0 Å². The fraction of sp³-hybridized carbons (Fsp3) is 0.458. The molecule has 0 bridgehead atoms. The molecule has 2 aromatic rings. The van der Waals surface area contributed by atoms with Crippen molar-refractivity contribution in [2.45, 2.75) is 6.54 Å². The van der Waals surface area contributed by atoms with Gasteiger partial charge in [-0.2, -0.15) is 0 Å². The van der Waals surface area contributed by atoms with Gasteiger partial charge >= 0.3 is 0 Å². The van der Waals surface area contributed by atoms with Crippen molar-refractivity contribution < 1.29 is 13.9 Å². The minimum atomic E-state index is -0.186. The first-order valence-electron chi connectivity index (χ1n) is 11.1. The van der Waals surface area contributed by atoms with Crippen molar-refractivity contribution in [2.75, 3.05) is 76.4 Å². The van der Waals surface area contributed by atoms with Crippen LogP contribution in [0.2, 0.25) is 0 Å². The molecule has 4 rings (SSSR count). The van der Waals surface area contributed by atoms with Gasteiger partial charge in [-0.25, -0.2) is 4.39 Å². The number of ether oxygens (including phenoxy) is 2. The molecule has 172 valence electrons. The summed E-state index contributed by atoms with van der Waals surface area (Å²) < 4.78 is 25.3. The molecule has 1 N–H and O–H groups in total. The molecule has 2 fully saturated rings. The summed E-state index contributed by atoms with van der Waals surface area (Å²) in [4.78, 5) is 11.1. The third-order valence-electron chi connectivity index (χ3n) is 6.04. The zero-order chi connectivity index (χ0) is 22.3. The standard InChI is InChI=1S/C24H32FN5O2/c1-26-24(30-11-9-28(10-12-30)20-4-6-21(31-2)7-5-20)27-18-19-3-8-23(22(25)17-19)29-13-15-32-16-14-29/h3-8,17H,9-16,18H2,1-2H3,(H,26,27). The number of hydrogen-bond donors (Lipinski definition) is 1. The van der Waals surface area contributed by atoms with Crippen LogP contribution in [-0.4, -0.2) is 77.5 Å². The van der Waals surface area contributed by atoms with Crippen molar-refractivity contribution in [1.29, 1.82) is 0 Å². The van der Waals surface area contributed by atoms with E-state index in [-0.39, 0.29) is 5.82 Å². The molecular weight excluding hydrogens is 409 g/mol. The van der Waals surface area contributed by atoms with Crippen LogP contribution in [0.4, 0.5) is 15.8 Å². The van der Waals surface area contributed by atoms with Crippen molar-refractivity contribution in [2.24, 2.45) is 4.99 Å². The number of hydrogen-bond acceptors (Lipinski definition) is 5. The molecule has 0 radical (unpaired) electrons. The topological polar surface area (TPSA) is 52.6 Å². The Morgan fingerprint density at radius 2 is 1.72 bits per heavy atom. The zero-order valence-electron chi connectivity index (χ0n) is 18.9. The second-order valence-corrected chi connectivity index (χ2v) is 7.96. The highest BCUT2D eigenvalue weighted by Crippen LogP contribution is 2.22. The molecule has 2 saturated heterocycles. The Bertz CT molecular complexity index is 907. The van der Waals surface area contributed by atoms with Gasteiger partial charge in [-0.15, -0.1) is 0 Å². The number of anilines is 2. The Kier molecular flexibility index (Phi) is 7.32. The van der Waals surface area contributed by atoms with E-state index in [4.69, 9.17) is 9.47 Å². The minimum Gasteiger partial charge on any atom is -0.497 e. The lowest BCUT2D eigenvalue weighted by atomic mass is 10.1. The largest absolute Gasteiger partial charge is 0.497 e. The number of aliphatic imine (C=N–C) groups is 1. The van der Waals surface area contributed by atoms with Crippen LogP contribution in [0, 0.1) is 5.82 Å². The van der Waals surface area contributed by atoms with E-state index in [0.717, 1.165) is 56.5 Å². The third-order valence-corrected chi connectivity index (χ3v) is 6.04. The number of rotatable bonds is 5. The predicted octanol–water partition coefficient (Wildman–Crippen LogP) is 2.57. The maximum absolute atomic E-state index is 14.7. The number of piperazine rings is 1. The summed E-state index contributed by atoms with van der Waals surface area (Å²) in [5.74, 6) is 1.53. The van der Waals surface area contributed by atoms with Crippen molar-refractivity contribution >= 4 is 17.3 Å². The average molecular weight is 442 g/mol. The summed E-state index contributed by atoms with van der Waals surface area (Å²) in [5.41, 5.74) is 2.75. The monoisotopic (exact) mass is 441 g/mol. The fourth-order valence-electron chi connectivity index (χ4n) is 4.20. The number of methoxy groups -OCH3 is 1. The highest BCUT2D eigenvalue weighted by molar-refractivity contribution is 5.80. The van der Waals surface area contributed by atoms with Crippen molar-refractivity contribution in [1.82, 2.24) is 10.2 Å². The molecule has 0 unspecified atom stereocenters. The molecule has 2 aliphatic heterocycles. The lowest BCUT2D eigenvalue weighted by Gasteiger charge is -2.37. The second-order valence-electron chi connectivity index (χ2n) is 7.96. The fourth-order valence-corrected chi connectivity index (χ4v) is 4.20. The van der Waals surface area contributed by atoms with E-state index in [1.54, 1.807) is 20.2 Å². The molecule has 0 aromatic heterocycles. The van der Waals surface area contributed by atoms with E-state index >= 15 is 0 Å². The van der Waals surface area contributed by atoms with Gasteiger partial charge in [0, 0.05) is 58.5 Å².